The summed E-state index contributed by atoms with van der Waals surface area (Å²) in [5, 5.41) is 2.77. The van der Waals surface area contributed by atoms with E-state index in [0.717, 1.165) is 19.0 Å². The number of ether oxygens (including phenoxy) is 1. The fraction of sp³-hybridized carbons (Fsp3) is 0.643. The molecule has 0 atom stereocenters. The number of carbonyl (C=O) groups excluding carboxylic acids is 1. The minimum atomic E-state index is -0.213. The highest BCUT2D eigenvalue weighted by Crippen LogP contribution is 2.25. The smallest absolute Gasteiger partial charge is 0.250 e. The molecule has 7 heteroatoms. The fourth-order valence-corrected chi connectivity index (χ4v) is 2.36. The minimum Gasteiger partial charge on any atom is -0.375 e. The number of anilines is 3. The Morgan fingerprint density at radius 2 is 2.10 bits per heavy atom. The molecule has 7 nitrogen and oxygen atoms in total. The molecular weight excluding hydrogens is 270 g/mol. The molecule has 1 aromatic rings. The summed E-state index contributed by atoms with van der Waals surface area (Å²) in [6.45, 7) is 1.99. The molecular formula is C14H23N5O2. The number of carbonyl (C=O) groups is 1. The normalized spacial score (nSPS) is 14.9. The molecule has 1 aliphatic rings. The number of nitrogens with zero attached hydrogens (tertiary/aromatic N) is 4. The van der Waals surface area contributed by atoms with E-state index in [0.29, 0.717) is 11.5 Å². The number of nitrogens with one attached hydrogen (secondary N) is 1. The predicted octanol–water partition coefficient (Wildman–Crippen LogP) is 1.12. The molecule has 116 valence electrons. The first-order valence-corrected chi connectivity index (χ1v) is 7.20. The zero-order valence-electron chi connectivity index (χ0n) is 12.9. The molecule has 0 aromatic carbocycles. The van der Waals surface area contributed by atoms with E-state index in [1.165, 1.54) is 26.4 Å². The third-order valence-electron chi connectivity index (χ3n) is 3.37. The van der Waals surface area contributed by atoms with Crippen molar-refractivity contribution < 1.29 is 9.53 Å². The van der Waals surface area contributed by atoms with E-state index in [1.807, 2.05) is 19.0 Å². The molecule has 1 fully saturated rings. The summed E-state index contributed by atoms with van der Waals surface area (Å²) in [7, 11) is 5.28. The van der Waals surface area contributed by atoms with Crippen LogP contribution >= 0.6 is 0 Å². The van der Waals surface area contributed by atoms with E-state index >= 15 is 0 Å². The van der Waals surface area contributed by atoms with Crippen LogP contribution in [0.1, 0.15) is 19.3 Å². The summed E-state index contributed by atoms with van der Waals surface area (Å²) in [6, 6.07) is 0. The molecule has 1 N–H and O–H groups in total. The van der Waals surface area contributed by atoms with Gasteiger partial charge in [0.1, 0.15) is 12.3 Å². The van der Waals surface area contributed by atoms with Gasteiger partial charge in [-0.1, -0.05) is 0 Å². The molecule has 1 amide bonds. The van der Waals surface area contributed by atoms with Crippen LogP contribution < -0.4 is 15.1 Å². The van der Waals surface area contributed by atoms with Crippen LogP contribution in [0.2, 0.25) is 0 Å². The lowest BCUT2D eigenvalue weighted by Crippen LogP contribution is -2.31. The molecule has 2 rings (SSSR count). The number of amides is 1. The van der Waals surface area contributed by atoms with Crippen molar-refractivity contribution in [1.29, 1.82) is 0 Å². The van der Waals surface area contributed by atoms with Crippen molar-refractivity contribution >= 4 is 23.4 Å². The average Bonchev–Trinajstić information content (AvgIpc) is 2.48. The first kappa shape index (κ1) is 15.5. The molecule has 0 saturated carbocycles. The van der Waals surface area contributed by atoms with Gasteiger partial charge in [-0.15, -0.1) is 0 Å². The molecule has 21 heavy (non-hydrogen) atoms. The van der Waals surface area contributed by atoms with Gasteiger partial charge in [0, 0.05) is 34.3 Å². The van der Waals surface area contributed by atoms with Gasteiger partial charge in [-0.2, -0.15) is 4.98 Å². The van der Waals surface area contributed by atoms with E-state index in [1.54, 1.807) is 6.20 Å². The first-order chi connectivity index (χ1) is 10.1. The standard InChI is InChI=1S/C14H23N5O2/c1-18(2)13-11(16-12(20)10-21-3)9-15-14(17-13)19-7-5-4-6-8-19/h9H,4-8,10H2,1-3H3,(H,16,20). The number of methoxy groups -OCH3 is 1. The Hall–Kier alpha value is -1.89. The quantitative estimate of drug-likeness (QED) is 0.877. The minimum absolute atomic E-state index is 0.0146. The van der Waals surface area contributed by atoms with E-state index in [4.69, 9.17) is 4.74 Å². The van der Waals surface area contributed by atoms with Crippen molar-refractivity contribution in [3.05, 3.63) is 6.20 Å². The Balaban J connectivity index is 2.20. The highest BCUT2D eigenvalue weighted by molar-refractivity contribution is 5.94. The highest BCUT2D eigenvalue weighted by Gasteiger charge is 2.17. The second kappa shape index (κ2) is 7.21. The van der Waals surface area contributed by atoms with Crippen LogP contribution in [0.4, 0.5) is 17.5 Å². The van der Waals surface area contributed by atoms with Gasteiger partial charge in [-0.05, 0) is 19.3 Å². The second-order valence-electron chi connectivity index (χ2n) is 5.33. The van der Waals surface area contributed by atoms with E-state index in [2.05, 4.69) is 20.2 Å². The van der Waals surface area contributed by atoms with Crippen molar-refractivity contribution in [3.8, 4) is 0 Å². The topological polar surface area (TPSA) is 70.6 Å². The lowest BCUT2D eigenvalue weighted by molar-refractivity contribution is -0.119. The number of piperidine rings is 1. The SMILES string of the molecule is COCC(=O)Nc1cnc(N2CCCCC2)nc1N(C)C. The molecule has 0 unspecified atom stereocenters. The zero-order chi connectivity index (χ0) is 15.2. The summed E-state index contributed by atoms with van der Waals surface area (Å²) in [5.74, 6) is 1.22. The van der Waals surface area contributed by atoms with Gasteiger partial charge in [-0.3, -0.25) is 4.79 Å². The summed E-state index contributed by atoms with van der Waals surface area (Å²) < 4.78 is 4.82. The van der Waals surface area contributed by atoms with Gasteiger partial charge in [0.15, 0.2) is 5.82 Å². The van der Waals surface area contributed by atoms with Gasteiger partial charge in [0.25, 0.3) is 0 Å². The van der Waals surface area contributed by atoms with Crippen molar-refractivity contribution in [2.75, 3.05) is 56.0 Å². The van der Waals surface area contributed by atoms with Crippen LogP contribution in [-0.2, 0) is 9.53 Å². The largest absolute Gasteiger partial charge is 0.375 e. The Morgan fingerprint density at radius 1 is 1.38 bits per heavy atom. The maximum absolute atomic E-state index is 11.7. The Labute approximate surface area is 125 Å². The van der Waals surface area contributed by atoms with Crippen molar-refractivity contribution in [2.24, 2.45) is 0 Å². The van der Waals surface area contributed by atoms with Gasteiger partial charge < -0.3 is 19.9 Å². The summed E-state index contributed by atoms with van der Waals surface area (Å²) in [4.78, 5) is 24.7. The van der Waals surface area contributed by atoms with Crippen LogP contribution in [0, 0.1) is 0 Å². The number of aromatic nitrogens is 2. The monoisotopic (exact) mass is 293 g/mol. The van der Waals surface area contributed by atoms with Gasteiger partial charge in [0.2, 0.25) is 11.9 Å². The molecule has 0 spiro atoms. The first-order valence-electron chi connectivity index (χ1n) is 7.20. The van der Waals surface area contributed by atoms with Crippen LogP contribution in [0.5, 0.6) is 0 Å². The maximum Gasteiger partial charge on any atom is 0.250 e. The van der Waals surface area contributed by atoms with Gasteiger partial charge in [0.05, 0.1) is 6.20 Å². The van der Waals surface area contributed by atoms with E-state index in [-0.39, 0.29) is 12.5 Å². The molecule has 0 bridgehead atoms. The Kier molecular flexibility index (Phi) is 5.32. The third-order valence-corrected chi connectivity index (χ3v) is 3.37. The molecule has 1 saturated heterocycles. The van der Waals surface area contributed by atoms with Crippen LogP contribution in [0.25, 0.3) is 0 Å². The maximum atomic E-state index is 11.7. The van der Waals surface area contributed by atoms with Crippen molar-refractivity contribution in [1.82, 2.24) is 9.97 Å². The summed E-state index contributed by atoms with van der Waals surface area (Å²) in [6.07, 6.45) is 5.28. The lowest BCUT2D eigenvalue weighted by Gasteiger charge is -2.28. The fourth-order valence-electron chi connectivity index (χ4n) is 2.36. The molecule has 0 radical (unpaired) electrons. The number of hydrogen-bond donors (Lipinski definition) is 1. The van der Waals surface area contributed by atoms with Gasteiger partial charge in [-0.25, -0.2) is 4.98 Å². The van der Waals surface area contributed by atoms with Crippen LogP contribution in [0.3, 0.4) is 0 Å². The van der Waals surface area contributed by atoms with Gasteiger partial charge >= 0.3 is 0 Å². The summed E-state index contributed by atoms with van der Waals surface area (Å²) >= 11 is 0. The Bertz CT molecular complexity index is 486. The van der Waals surface area contributed by atoms with Crippen LogP contribution in [0.15, 0.2) is 6.20 Å². The molecule has 1 aromatic heterocycles. The Morgan fingerprint density at radius 3 is 2.71 bits per heavy atom. The molecule has 0 aliphatic carbocycles. The molecule has 1 aliphatic heterocycles. The van der Waals surface area contributed by atoms with Crippen molar-refractivity contribution in [3.63, 3.8) is 0 Å². The number of rotatable bonds is 5. The van der Waals surface area contributed by atoms with E-state index in [9.17, 15) is 4.79 Å². The number of hydrogen-bond acceptors (Lipinski definition) is 6. The lowest BCUT2D eigenvalue weighted by atomic mass is 10.1. The van der Waals surface area contributed by atoms with E-state index < -0.39 is 0 Å². The predicted molar refractivity (Wildman–Crippen MR) is 82.9 cm³/mol. The zero-order valence-corrected chi connectivity index (χ0v) is 12.9. The average molecular weight is 293 g/mol. The highest BCUT2D eigenvalue weighted by atomic mass is 16.5. The second-order valence-corrected chi connectivity index (χ2v) is 5.33. The summed E-state index contributed by atoms with van der Waals surface area (Å²) in [5.41, 5.74) is 0.600. The van der Waals surface area contributed by atoms with Crippen LogP contribution in [-0.4, -0.2) is 56.8 Å². The van der Waals surface area contributed by atoms with Crippen molar-refractivity contribution in [2.45, 2.75) is 19.3 Å². The third kappa shape index (κ3) is 4.04. The molecule has 2 heterocycles.